The van der Waals surface area contributed by atoms with E-state index in [0.29, 0.717) is 72.7 Å². The minimum absolute atomic E-state index is 0.0886. The van der Waals surface area contributed by atoms with Crippen LogP contribution in [0.2, 0.25) is 0 Å². The van der Waals surface area contributed by atoms with Gasteiger partial charge in [-0.2, -0.15) is 13.2 Å². The summed E-state index contributed by atoms with van der Waals surface area (Å²) in [7, 11) is 0. The fourth-order valence-electron chi connectivity index (χ4n) is 5.58. The molecule has 6 rings (SSSR count). The summed E-state index contributed by atoms with van der Waals surface area (Å²) < 4.78 is 37.2. The molecule has 0 radical (unpaired) electrons. The van der Waals surface area contributed by atoms with Gasteiger partial charge in [0.25, 0.3) is 23.6 Å². The summed E-state index contributed by atoms with van der Waals surface area (Å²) in [5, 5.41) is 20.3. The van der Waals surface area contributed by atoms with Crippen LogP contribution >= 0.6 is 11.3 Å². The number of alkyl halides is 3. The van der Waals surface area contributed by atoms with Gasteiger partial charge in [-0.05, 0) is 79.8 Å². The number of hydrogen-bond donors (Lipinski definition) is 6. The number of rotatable bonds is 15. The number of amides is 5. The predicted molar refractivity (Wildman–Crippen MR) is 206 cm³/mol. The van der Waals surface area contributed by atoms with Crippen LogP contribution in [0.1, 0.15) is 68.0 Å². The number of anilines is 2. The molecule has 2 heterocycles. The molecule has 306 valence electrons. The summed E-state index contributed by atoms with van der Waals surface area (Å²) in [5.41, 5.74) is 11.7. The zero-order chi connectivity index (χ0) is 41.8. The Balaban J connectivity index is 0.000000839. The number of carboxylic acids is 1. The topological polar surface area (TPSA) is 222 Å². The summed E-state index contributed by atoms with van der Waals surface area (Å²) in [4.78, 5) is 78.0. The van der Waals surface area contributed by atoms with Crippen LogP contribution in [0.5, 0.6) is 5.75 Å². The maximum absolute atomic E-state index is 13.5. The second kappa shape index (κ2) is 19.7. The average molecular weight is 824 g/mol. The molecule has 0 unspecified atom stereocenters. The molecular weight excluding hydrogens is 784 g/mol. The highest BCUT2D eigenvalue weighted by Gasteiger charge is 2.38. The van der Waals surface area contributed by atoms with Crippen LogP contribution < -0.4 is 31.7 Å². The first-order valence-electron chi connectivity index (χ1n) is 18.0. The first kappa shape index (κ1) is 42.8. The van der Waals surface area contributed by atoms with Crippen molar-refractivity contribution in [1.82, 2.24) is 20.5 Å². The Kier molecular flexibility index (Phi) is 14.5. The van der Waals surface area contributed by atoms with E-state index in [0.717, 1.165) is 24.1 Å². The molecule has 5 amide bonds. The summed E-state index contributed by atoms with van der Waals surface area (Å²) in [6.45, 7) is 1.17. The summed E-state index contributed by atoms with van der Waals surface area (Å²) >= 11 is 1.46. The Morgan fingerprint density at radius 2 is 1.64 bits per heavy atom. The zero-order valence-electron chi connectivity index (χ0n) is 30.8. The van der Waals surface area contributed by atoms with Gasteiger partial charge in [0.2, 0.25) is 5.91 Å². The lowest BCUT2D eigenvalue weighted by molar-refractivity contribution is -0.192. The minimum atomic E-state index is -5.08. The molecule has 3 aromatic carbocycles. The number of carbonyl (C=O) groups excluding carboxylic acids is 5. The third-order valence-corrected chi connectivity index (χ3v) is 9.38. The van der Waals surface area contributed by atoms with Crippen LogP contribution in [0.4, 0.5) is 24.5 Å². The number of hydrogen-bond acceptors (Lipinski definition) is 10. The molecule has 0 bridgehead atoms. The number of fused-ring (bicyclic) bond motifs is 1. The number of thiazole rings is 1. The fourth-order valence-corrected chi connectivity index (χ4v) is 6.15. The van der Waals surface area contributed by atoms with E-state index in [4.69, 9.17) is 20.4 Å². The molecule has 1 aliphatic carbocycles. The molecule has 19 heteroatoms. The number of carboxylic acid groups (broad SMARTS) is 1. The lowest BCUT2D eigenvalue weighted by Crippen LogP contribution is -2.42. The van der Waals surface area contributed by atoms with Gasteiger partial charge in [0, 0.05) is 59.9 Å². The zero-order valence-corrected chi connectivity index (χ0v) is 31.7. The maximum Gasteiger partial charge on any atom is 0.490 e. The molecule has 0 spiro atoms. The van der Waals surface area contributed by atoms with E-state index in [1.165, 1.54) is 11.3 Å². The van der Waals surface area contributed by atoms with Crippen molar-refractivity contribution < 1.29 is 51.8 Å². The van der Waals surface area contributed by atoms with Gasteiger partial charge in [0.05, 0.1) is 22.9 Å². The number of nitrogens with one attached hydrogen (secondary N) is 4. The maximum atomic E-state index is 13.5. The third kappa shape index (κ3) is 12.6. The summed E-state index contributed by atoms with van der Waals surface area (Å²) in [6, 6.07) is 18.3. The normalized spacial score (nSPS) is 13.6. The summed E-state index contributed by atoms with van der Waals surface area (Å²) in [5.74, 6) is -3.48. The van der Waals surface area contributed by atoms with Crippen molar-refractivity contribution in [1.29, 1.82) is 0 Å². The molecule has 4 aromatic rings. The van der Waals surface area contributed by atoms with Crippen molar-refractivity contribution in [3.8, 4) is 5.75 Å². The number of nitrogens with zero attached hydrogens (tertiary/aromatic N) is 2. The van der Waals surface area contributed by atoms with Crippen molar-refractivity contribution in [3.05, 3.63) is 106 Å². The lowest BCUT2D eigenvalue weighted by Gasteiger charge is -2.24. The Hall–Kier alpha value is -6.34. The van der Waals surface area contributed by atoms with Gasteiger partial charge in [-0.1, -0.05) is 18.2 Å². The van der Waals surface area contributed by atoms with Gasteiger partial charge in [-0.3, -0.25) is 24.0 Å². The highest BCUT2D eigenvalue weighted by molar-refractivity contribution is 7.07. The van der Waals surface area contributed by atoms with Gasteiger partial charge in [-0.15, -0.1) is 11.3 Å². The van der Waals surface area contributed by atoms with Gasteiger partial charge in [0.15, 0.2) is 6.61 Å². The van der Waals surface area contributed by atoms with Gasteiger partial charge < -0.3 is 41.7 Å². The number of halogens is 3. The first-order valence-corrected chi connectivity index (χ1v) is 19.0. The smallest absolute Gasteiger partial charge is 0.482 e. The molecule has 1 aromatic heterocycles. The largest absolute Gasteiger partial charge is 0.490 e. The van der Waals surface area contributed by atoms with E-state index in [1.54, 1.807) is 60.1 Å². The van der Waals surface area contributed by atoms with E-state index in [1.807, 2.05) is 22.4 Å². The number of ether oxygens (including phenoxy) is 1. The van der Waals surface area contributed by atoms with Crippen molar-refractivity contribution in [2.45, 2.75) is 56.9 Å². The number of aliphatic carboxylic acids is 1. The molecule has 1 saturated carbocycles. The lowest BCUT2D eigenvalue weighted by atomic mass is 10.1. The standard InChI is InChI=1S/C37H39N7O6S.C2HF3O2/c38-30(18-28-21-51-22-41-28)36(48)40-15-2-1-14-39-34(46)25-4-3-5-27(16-25)42-35(47)24-8-6-23(7-9-24)19-44(29-11-12-29)37(49)26-10-13-31-32(17-26)50-20-33(45)43-31;3-2(4,5)1(6)7/h3-10,13,16-17,21-22,29-30H,1-2,11-12,14-15,18-20,38H2,(H,39,46)(H,40,48)(H,42,47)(H,43,45);(H,6,7)/t30-;/m0./s1. The molecule has 1 atom stereocenters. The predicted octanol–water partition coefficient (Wildman–Crippen LogP) is 4.36. The van der Waals surface area contributed by atoms with Crippen molar-refractivity contribution in [3.63, 3.8) is 0 Å². The number of benzene rings is 3. The Morgan fingerprint density at radius 1 is 0.948 bits per heavy atom. The Bertz CT molecular complexity index is 2110. The monoisotopic (exact) mass is 823 g/mol. The highest BCUT2D eigenvalue weighted by atomic mass is 32.1. The number of carbonyl (C=O) groups is 6. The van der Waals surface area contributed by atoms with E-state index in [-0.39, 0.29) is 42.2 Å². The van der Waals surface area contributed by atoms with Crippen LogP contribution in [0.3, 0.4) is 0 Å². The van der Waals surface area contributed by atoms with Crippen LogP contribution in [0, 0.1) is 0 Å². The first-order chi connectivity index (χ1) is 27.7. The van der Waals surface area contributed by atoms with E-state index < -0.39 is 18.2 Å². The Labute approximate surface area is 334 Å². The van der Waals surface area contributed by atoms with Crippen LogP contribution in [-0.2, 0) is 27.3 Å². The van der Waals surface area contributed by atoms with Crippen molar-refractivity contribution >= 4 is 58.2 Å². The van der Waals surface area contributed by atoms with E-state index >= 15 is 0 Å². The Morgan fingerprint density at radius 3 is 2.29 bits per heavy atom. The molecule has 0 saturated heterocycles. The number of nitrogens with two attached hydrogens (primary N) is 1. The van der Waals surface area contributed by atoms with Gasteiger partial charge in [-0.25, -0.2) is 9.78 Å². The second-order valence-electron chi connectivity index (χ2n) is 13.3. The minimum Gasteiger partial charge on any atom is -0.482 e. The van der Waals surface area contributed by atoms with Gasteiger partial charge in [0.1, 0.15) is 5.75 Å². The van der Waals surface area contributed by atoms with E-state index in [9.17, 15) is 37.1 Å². The molecule has 7 N–H and O–H groups in total. The van der Waals surface area contributed by atoms with Crippen LogP contribution in [0.25, 0.3) is 0 Å². The number of aromatic nitrogens is 1. The van der Waals surface area contributed by atoms with Gasteiger partial charge >= 0.3 is 12.1 Å². The van der Waals surface area contributed by atoms with Crippen molar-refractivity contribution in [2.75, 3.05) is 30.3 Å². The second-order valence-corrected chi connectivity index (χ2v) is 14.0. The fraction of sp³-hybridized carbons (Fsp3) is 0.308. The molecule has 15 nitrogen and oxygen atoms in total. The van der Waals surface area contributed by atoms with Crippen LogP contribution in [-0.4, -0.2) is 88.5 Å². The van der Waals surface area contributed by atoms with E-state index in [2.05, 4.69) is 26.3 Å². The molecule has 2 aliphatic rings. The molecule has 1 aliphatic heterocycles. The van der Waals surface area contributed by atoms with Crippen LogP contribution in [0.15, 0.2) is 77.6 Å². The highest BCUT2D eigenvalue weighted by Crippen LogP contribution is 2.33. The quantitative estimate of drug-likeness (QED) is 0.0930. The molecular formula is C39H40F3N7O8S. The average Bonchev–Trinajstić information content (AvgIpc) is 3.92. The van der Waals surface area contributed by atoms with Crippen molar-refractivity contribution in [2.24, 2.45) is 5.73 Å². The molecule has 1 fully saturated rings. The third-order valence-electron chi connectivity index (χ3n) is 8.74. The number of unbranched alkanes of at least 4 members (excludes halogenated alkanes) is 1. The summed E-state index contributed by atoms with van der Waals surface area (Å²) in [6.07, 6.45) is -1.52. The molecule has 58 heavy (non-hydrogen) atoms. The SMILES string of the molecule is N[C@@H](Cc1cscn1)C(=O)NCCCCNC(=O)c1cccc(NC(=O)c2ccc(CN(C(=O)c3ccc4c(c3)OCC(=O)N4)C3CC3)cc2)c1.O=C(O)C(F)(F)F.